The first-order chi connectivity index (χ1) is 16.4. The molecule has 1 atom stereocenters. The topological polar surface area (TPSA) is 69.7 Å². The third-order valence-electron chi connectivity index (χ3n) is 6.44. The number of carbonyl (C=O) groups is 1. The first-order valence-electron chi connectivity index (χ1n) is 11.3. The van der Waals surface area contributed by atoms with Gasteiger partial charge in [-0.05, 0) is 68.2 Å². The van der Waals surface area contributed by atoms with Crippen LogP contribution in [0, 0.1) is 0 Å². The number of halogens is 4. The van der Waals surface area contributed by atoms with Gasteiger partial charge in [-0.2, -0.15) is 0 Å². The summed E-state index contributed by atoms with van der Waals surface area (Å²) >= 11 is 24.5. The molecule has 1 amide bonds. The van der Waals surface area contributed by atoms with E-state index in [0.717, 1.165) is 24.1 Å². The van der Waals surface area contributed by atoms with Gasteiger partial charge in [0.05, 0.1) is 31.8 Å². The smallest absolute Gasteiger partial charge is 0.230 e. The summed E-state index contributed by atoms with van der Waals surface area (Å²) in [6, 6.07) is 10.5. The average Bonchev–Trinajstić information content (AvgIpc) is 3.06. The molecule has 1 unspecified atom stereocenters. The lowest BCUT2D eigenvalue weighted by Crippen LogP contribution is -2.44. The van der Waals surface area contributed by atoms with Crippen molar-refractivity contribution in [2.24, 2.45) is 0 Å². The highest BCUT2D eigenvalue weighted by molar-refractivity contribution is 7.88. The van der Waals surface area contributed by atoms with Crippen molar-refractivity contribution >= 4 is 62.3 Å². The third kappa shape index (κ3) is 7.48. The van der Waals surface area contributed by atoms with Gasteiger partial charge in [0.25, 0.3) is 0 Å². The molecule has 1 heterocycles. The summed E-state index contributed by atoms with van der Waals surface area (Å²) in [6.45, 7) is 5.10. The van der Waals surface area contributed by atoms with E-state index in [0.29, 0.717) is 59.2 Å². The van der Waals surface area contributed by atoms with Crippen molar-refractivity contribution < 1.29 is 13.2 Å². The van der Waals surface area contributed by atoms with Crippen LogP contribution in [0.3, 0.4) is 0 Å². The first kappa shape index (κ1) is 28.5. The summed E-state index contributed by atoms with van der Waals surface area (Å²) in [7, 11) is -3.22. The number of sulfonamides is 1. The molecule has 0 spiro atoms. The number of hydrogen-bond acceptors (Lipinski definition) is 4. The van der Waals surface area contributed by atoms with E-state index in [4.69, 9.17) is 46.4 Å². The van der Waals surface area contributed by atoms with E-state index in [2.05, 4.69) is 10.2 Å². The second-order valence-electron chi connectivity index (χ2n) is 9.00. The predicted octanol–water partition coefficient (Wildman–Crippen LogP) is 5.23. The lowest BCUT2D eigenvalue weighted by Gasteiger charge is -2.32. The van der Waals surface area contributed by atoms with E-state index in [1.54, 1.807) is 24.3 Å². The van der Waals surface area contributed by atoms with Crippen molar-refractivity contribution in [2.75, 3.05) is 39.0 Å². The Kier molecular flexibility index (Phi) is 9.77. The Hall–Kier alpha value is -1.06. The van der Waals surface area contributed by atoms with Gasteiger partial charge >= 0.3 is 0 Å². The molecule has 192 valence electrons. The zero-order valence-corrected chi connectivity index (χ0v) is 23.5. The van der Waals surface area contributed by atoms with Crippen LogP contribution in [-0.2, 0) is 26.8 Å². The Morgan fingerprint density at radius 1 is 0.943 bits per heavy atom. The molecule has 0 bridgehead atoms. The number of amides is 1. The van der Waals surface area contributed by atoms with Gasteiger partial charge in [-0.1, -0.05) is 58.5 Å². The summed E-state index contributed by atoms with van der Waals surface area (Å²) < 4.78 is 25.4. The highest BCUT2D eigenvalue weighted by Gasteiger charge is 2.36. The predicted molar refractivity (Wildman–Crippen MR) is 144 cm³/mol. The molecule has 6 nitrogen and oxygen atoms in total. The molecular formula is C24H29Cl4N3O3S. The minimum absolute atomic E-state index is 0.158. The number of carbonyl (C=O) groups excluding carboxylic acids is 1. The van der Waals surface area contributed by atoms with Gasteiger partial charge in [-0.15, -0.1) is 0 Å². The number of nitrogens with one attached hydrogen (secondary N) is 1. The molecule has 2 aromatic rings. The van der Waals surface area contributed by atoms with E-state index < -0.39 is 15.4 Å². The van der Waals surface area contributed by atoms with Crippen molar-refractivity contribution in [3.05, 3.63) is 67.6 Å². The first-order valence-corrected chi connectivity index (χ1v) is 14.6. The molecule has 0 aromatic heterocycles. The number of rotatable bonds is 8. The third-order valence-corrected chi connectivity index (χ3v) is 9.22. The molecule has 0 saturated carbocycles. The largest absolute Gasteiger partial charge is 0.351 e. The molecule has 1 fully saturated rings. The molecular weight excluding hydrogens is 552 g/mol. The van der Waals surface area contributed by atoms with Gasteiger partial charge in [0, 0.05) is 26.2 Å². The van der Waals surface area contributed by atoms with Crippen LogP contribution in [0.2, 0.25) is 20.1 Å². The molecule has 3 rings (SSSR count). The Morgan fingerprint density at radius 3 is 2.23 bits per heavy atom. The quantitative estimate of drug-likeness (QED) is 0.464. The zero-order chi connectivity index (χ0) is 25.8. The molecule has 35 heavy (non-hydrogen) atoms. The Bertz CT molecular complexity index is 1180. The summed E-state index contributed by atoms with van der Waals surface area (Å²) in [4.78, 5) is 15.8. The second-order valence-corrected chi connectivity index (χ2v) is 12.6. The van der Waals surface area contributed by atoms with Gasteiger partial charge < -0.3 is 10.2 Å². The Morgan fingerprint density at radius 2 is 1.60 bits per heavy atom. The van der Waals surface area contributed by atoms with Crippen LogP contribution in [0.5, 0.6) is 0 Å². The normalized spacial score (nSPS) is 17.5. The van der Waals surface area contributed by atoms with Gasteiger partial charge in [0.15, 0.2) is 0 Å². The van der Waals surface area contributed by atoms with Gasteiger partial charge in [-0.25, -0.2) is 12.7 Å². The minimum Gasteiger partial charge on any atom is -0.351 e. The molecule has 0 radical (unpaired) electrons. The molecule has 1 N–H and O–H groups in total. The summed E-state index contributed by atoms with van der Waals surface area (Å²) in [5.41, 5.74) is 0.691. The van der Waals surface area contributed by atoms with E-state index in [1.807, 2.05) is 19.1 Å². The van der Waals surface area contributed by atoms with Crippen molar-refractivity contribution in [3.63, 3.8) is 0 Å². The summed E-state index contributed by atoms with van der Waals surface area (Å²) in [6.07, 6.45) is 2.49. The van der Waals surface area contributed by atoms with Crippen LogP contribution in [0.15, 0.2) is 36.4 Å². The van der Waals surface area contributed by atoms with E-state index in [1.165, 1.54) is 10.6 Å². The van der Waals surface area contributed by atoms with Crippen molar-refractivity contribution in [1.29, 1.82) is 0 Å². The maximum atomic E-state index is 13.6. The van der Waals surface area contributed by atoms with Crippen LogP contribution < -0.4 is 5.32 Å². The Labute approximate surface area is 227 Å². The summed E-state index contributed by atoms with van der Waals surface area (Å²) in [5, 5.41) is 4.70. The zero-order valence-electron chi connectivity index (χ0n) is 19.7. The average molecular weight is 581 g/mol. The van der Waals surface area contributed by atoms with E-state index >= 15 is 0 Å². The standard InChI is InChI=1S/C24H29Cl4N3O3S/c1-24(18-5-7-20(26)22(28)15-18,23(32)29-16-17-4-6-19(25)21(27)14-17)8-11-30-9-3-10-31(13-12-30)35(2,33)34/h4-7,14-15H,3,8-13,16H2,1-2H3,(H,29,32). The highest BCUT2D eigenvalue weighted by Crippen LogP contribution is 2.33. The molecule has 1 aliphatic heterocycles. The summed E-state index contributed by atoms with van der Waals surface area (Å²) in [5.74, 6) is -0.158. The van der Waals surface area contributed by atoms with E-state index in [9.17, 15) is 13.2 Å². The lowest BCUT2D eigenvalue weighted by atomic mass is 9.78. The van der Waals surface area contributed by atoms with Crippen LogP contribution in [0.25, 0.3) is 0 Å². The fourth-order valence-corrected chi connectivity index (χ4v) is 5.63. The molecule has 0 aliphatic carbocycles. The van der Waals surface area contributed by atoms with Gasteiger partial charge in [0.2, 0.25) is 15.9 Å². The van der Waals surface area contributed by atoms with Crippen molar-refractivity contribution in [2.45, 2.75) is 31.7 Å². The number of nitrogens with zero attached hydrogens (tertiary/aromatic N) is 2. The maximum Gasteiger partial charge on any atom is 0.230 e. The highest BCUT2D eigenvalue weighted by atomic mass is 35.5. The Balaban J connectivity index is 1.77. The fraction of sp³-hybridized carbons (Fsp3) is 0.458. The van der Waals surface area contributed by atoms with Gasteiger partial charge in [-0.3, -0.25) is 4.79 Å². The van der Waals surface area contributed by atoms with Crippen LogP contribution in [0.4, 0.5) is 0 Å². The van der Waals surface area contributed by atoms with Crippen LogP contribution >= 0.6 is 46.4 Å². The molecule has 1 aliphatic rings. The number of benzene rings is 2. The maximum absolute atomic E-state index is 13.6. The van der Waals surface area contributed by atoms with Gasteiger partial charge in [0.1, 0.15) is 0 Å². The molecule has 2 aromatic carbocycles. The van der Waals surface area contributed by atoms with Crippen LogP contribution in [-0.4, -0.2) is 62.5 Å². The SMILES string of the molecule is CC(CCN1CCCN(S(C)(=O)=O)CC1)(C(=O)NCc1ccc(Cl)c(Cl)c1)c1ccc(Cl)c(Cl)c1. The number of hydrogen-bond donors (Lipinski definition) is 1. The van der Waals surface area contributed by atoms with E-state index in [-0.39, 0.29) is 5.91 Å². The fourth-order valence-electron chi connectivity index (χ4n) is 4.14. The molecule has 1 saturated heterocycles. The van der Waals surface area contributed by atoms with Crippen molar-refractivity contribution in [1.82, 2.24) is 14.5 Å². The monoisotopic (exact) mass is 579 g/mol. The lowest BCUT2D eigenvalue weighted by molar-refractivity contribution is -0.126. The van der Waals surface area contributed by atoms with Crippen molar-refractivity contribution in [3.8, 4) is 0 Å². The second kappa shape index (κ2) is 12.0. The minimum atomic E-state index is -3.22. The molecule has 11 heteroatoms. The van der Waals surface area contributed by atoms with Crippen LogP contribution in [0.1, 0.15) is 30.9 Å².